The number of carbonyl (C=O) groups is 1. The van der Waals surface area contributed by atoms with E-state index in [9.17, 15) is 4.79 Å². The second kappa shape index (κ2) is 8.67. The van der Waals surface area contributed by atoms with Crippen LogP contribution in [0.1, 0.15) is 25.3 Å². The Morgan fingerprint density at radius 1 is 1.37 bits per heavy atom. The first-order valence-corrected chi connectivity index (χ1v) is 6.86. The standard InChI is InChI=1S/C15H24N2O2/c1-2-6-14(11-16)15(19)17(9-10-18)12-13-7-4-3-5-8-13/h3-5,7-8,14,18H,2,6,9-12,16H2,1H3. The molecule has 19 heavy (non-hydrogen) atoms. The first-order chi connectivity index (χ1) is 9.22. The van der Waals surface area contributed by atoms with E-state index in [2.05, 4.69) is 0 Å². The van der Waals surface area contributed by atoms with Crippen LogP contribution >= 0.6 is 0 Å². The topological polar surface area (TPSA) is 66.6 Å². The first-order valence-electron chi connectivity index (χ1n) is 6.86. The maximum absolute atomic E-state index is 12.4. The largest absolute Gasteiger partial charge is 0.395 e. The molecule has 1 aromatic rings. The average molecular weight is 264 g/mol. The Balaban J connectivity index is 2.73. The molecule has 0 radical (unpaired) electrons. The highest BCUT2D eigenvalue weighted by Crippen LogP contribution is 2.12. The number of benzene rings is 1. The van der Waals surface area contributed by atoms with Crippen LogP contribution in [-0.2, 0) is 11.3 Å². The number of rotatable bonds is 8. The van der Waals surface area contributed by atoms with Crippen LogP contribution in [0.15, 0.2) is 30.3 Å². The first kappa shape index (κ1) is 15.7. The molecule has 0 aliphatic carbocycles. The van der Waals surface area contributed by atoms with Crippen LogP contribution in [0.3, 0.4) is 0 Å². The van der Waals surface area contributed by atoms with E-state index in [-0.39, 0.29) is 18.4 Å². The van der Waals surface area contributed by atoms with Crippen molar-refractivity contribution >= 4 is 5.91 Å². The minimum absolute atomic E-state index is 0.0258. The summed E-state index contributed by atoms with van der Waals surface area (Å²) in [6.07, 6.45) is 1.73. The van der Waals surface area contributed by atoms with Crippen LogP contribution in [0.5, 0.6) is 0 Å². The van der Waals surface area contributed by atoms with Gasteiger partial charge in [0, 0.05) is 19.6 Å². The number of carbonyl (C=O) groups excluding carboxylic acids is 1. The Kier molecular flexibility index (Phi) is 7.15. The zero-order chi connectivity index (χ0) is 14.1. The molecule has 0 saturated carbocycles. The molecule has 0 bridgehead atoms. The van der Waals surface area contributed by atoms with Gasteiger partial charge in [-0.05, 0) is 12.0 Å². The third kappa shape index (κ3) is 5.01. The third-order valence-electron chi connectivity index (χ3n) is 3.17. The molecule has 106 valence electrons. The van der Waals surface area contributed by atoms with Gasteiger partial charge in [-0.15, -0.1) is 0 Å². The van der Waals surface area contributed by atoms with E-state index in [4.69, 9.17) is 10.8 Å². The van der Waals surface area contributed by atoms with Gasteiger partial charge in [-0.3, -0.25) is 4.79 Å². The van der Waals surface area contributed by atoms with Crippen LogP contribution in [0.4, 0.5) is 0 Å². The van der Waals surface area contributed by atoms with Crippen molar-refractivity contribution in [2.45, 2.75) is 26.3 Å². The number of amides is 1. The Morgan fingerprint density at radius 3 is 2.58 bits per heavy atom. The van der Waals surface area contributed by atoms with Gasteiger partial charge in [-0.2, -0.15) is 0 Å². The van der Waals surface area contributed by atoms with Crippen LogP contribution in [0.2, 0.25) is 0 Å². The fourth-order valence-corrected chi connectivity index (χ4v) is 2.14. The lowest BCUT2D eigenvalue weighted by Crippen LogP contribution is -2.40. The van der Waals surface area contributed by atoms with Gasteiger partial charge in [0.25, 0.3) is 0 Å². The molecule has 1 atom stereocenters. The number of hydrogen-bond acceptors (Lipinski definition) is 3. The molecule has 1 aromatic carbocycles. The molecule has 1 unspecified atom stereocenters. The van der Waals surface area contributed by atoms with Crippen molar-refractivity contribution in [3.05, 3.63) is 35.9 Å². The zero-order valence-electron chi connectivity index (χ0n) is 11.6. The summed E-state index contributed by atoms with van der Waals surface area (Å²) < 4.78 is 0. The molecular formula is C15H24N2O2. The van der Waals surface area contributed by atoms with E-state index in [0.717, 1.165) is 18.4 Å². The summed E-state index contributed by atoms with van der Waals surface area (Å²) in [6, 6.07) is 9.80. The van der Waals surface area contributed by atoms with Gasteiger partial charge in [0.2, 0.25) is 5.91 Å². The summed E-state index contributed by atoms with van der Waals surface area (Å²) >= 11 is 0. The summed E-state index contributed by atoms with van der Waals surface area (Å²) in [6.45, 7) is 3.27. The van der Waals surface area contributed by atoms with Crippen molar-refractivity contribution in [3.8, 4) is 0 Å². The van der Waals surface area contributed by atoms with Crippen molar-refractivity contribution in [2.75, 3.05) is 19.7 Å². The lowest BCUT2D eigenvalue weighted by molar-refractivity contribution is -0.136. The molecule has 0 heterocycles. The maximum atomic E-state index is 12.4. The lowest BCUT2D eigenvalue weighted by atomic mass is 10.0. The van der Waals surface area contributed by atoms with Gasteiger partial charge in [0.1, 0.15) is 0 Å². The second-order valence-electron chi connectivity index (χ2n) is 4.69. The molecule has 0 spiro atoms. The Bertz CT molecular complexity index is 368. The fraction of sp³-hybridized carbons (Fsp3) is 0.533. The summed E-state index contributed by atoms with van der Waals surface area (Å²) in [4.78, 5) is 14.1. The normalized spacial score (nSPS) is 12.2. The molecule has 1 amide bonds. The minimum atomic E-state index is -0.139. The summed E-state index contributed by atoms with van der Waals surface area (Å²) in [5.41, 5.74) is 6.74. The maximum Gasteiger partial charge on any atom is 0.227 e. The van der Waals surface area contributed by atoms with Crippen molar-refractivity contribution < 1.29 is 9.90 Å². The SMILES string of the molecule is CCCC(CN)C(=O)N(CCO)Cc1ccccc1. The molecule has 4 nitrogen and oxygen atoms in total. The van der Waals surface area contributed by atoms with Crippen LogP contribution in [0, 0.1) is 5.92 Å². The fourth-order valence-electron chi connectivity index (χ4n) is 2.14. The van der Waals surface area contributed by atoms with E-state index in [1.54, 1.807) is 4.90 Å². The van der Waals surface area contributed by atoms with Gasteiger partial charge in [-0.25, -0.2) is 0 Å². The average Bonchev–Trinajstić information content (AvgIpc) is 2.44. The lowest BCUT2D eigenvalue weighted by Gasteiger charge is -2.26. The zero-order valence-corrected chi connectivity index (χ0v) is 11.6. The summed E-state index contributed by atoms with van der Waals surface area (Å²) in [7, 11) is 0. The number of aliphatic hydroxyl groups is 1. The van der Waals surface area contributed by atoms with Gasteiger partial charge in [-0.1, -0.05) is 43.7 Å². The number of nitrogens with two attached hydrogens (primary N) is 1. The predicted molar refractivity (Wildman–Crippen MR) is 76.4 cm³/mol. The summed E-state index contributed by atoms with van der Waals surface area (Å²) in [5, 5.41) is 9.12. The highest BCUT2D eigenvalue weighted by molar-refractivity contribution is 5.79. The third-order valence-corrected chi connectivity index (χ3v) is 3.17. The molecule has 1 rings (SSSR count). The van der Waals surface area contributed by atoms with Crippen LogP contribution in [0.25, 0.3) is 0 Å². The molecule has 0 aliphatic rings. The van der Waals surface area contributed by atoms with Crippen molar-refractivity contribution in [2.24, 2.45) is 11.7 Å². The number of aliphatic hydroxyl groups excluding tert-OH is 1. The van der Waals surface area contributed by atoms with Gasteiger partial charge in [0.05, 0.1) is 12.5 Å². The van der Waals surface area contributed by atoms with Gasteiger partial charge < -0.3 is 15.7 Å². The van der Waals surface area contributed by atoms with Crippen LogP contribution in [-0.4, -0.2) is 35.6 Å². The molecule has 4 heteroatoms. The summed E-state index contributed by atoms with van der Waals surface area (Å²) in [5.74, 6) is -0.0949. The molecule has 0 fully saturated rings. The van der Waals surface area contributed by atoms with E-state index >= 15 is 0 Å². The Labute approximate surface area is 115 Å². The van der Waals surface area contributed by atoms with Crippen molar-refractivity contribution in [3.63, 3.8) is 0 Å². The quantitative estimate of drug-likeness (QED) is 0.745. The monoisotopic (exact) mass is 264 g/mol. The van der Waals surface area contributed by atoms with Gasteiger partial charge in [0.15, 0.2) is 0 Å². The van der Waals surface area contributed by atoms with Gasteiger partial charge >= 0.3 is 0 Å². The minimum Gasteiger partial charge on any atom is -0.395 e. The highest BCUT2D eigenvalue weighted by Gasteiger charge is 2.22. The van der Waals surface area contributed by atoms with E-state index in [1.165, 1.54) is 0 Å². The number of nitrogens with zero attached hydrogens (tertiary/aromatic N) is 1. The van der Waals surface area contributed by atoms with E-state index < -0.39 is 0 Å². The molecule has 0 aliphatic heterocycles. The predicted octanol–water partition coefficient (Wildman–Crippen LogP) is 1.38. The van der Waals surface area contributed by atoms with Crippen LogP contribution < -0.4 is 5.73 Å². The van der Waals surface area contributed by atoms with E-state index in [1.807, 2.05) is 37.3 Å². The molecule has 0 saturated heterocycles. The Hall–Kier alpha value is -1.39. The molecule has 3 N–H and O–H groups in total. The number of hydrogen-bond donors (Lipinski definition) is 2. The second-order valence-corrected chi connectivity index (χ2v) is 4.69. The smallest absolute Gasteiger partial charge is 0.227 e. The molecular weight excluding hydrogens is 240 g/mol. The van der Waals surface area contributed by atoms with E-state index in [0.29, 0.717) is 19.6 Å². The Morgan fingerprint density at radius 2 is 2.05 bits per heavy atom. The molecule has 0 aromatic heterocycles. The van der Waals surface area contributed by atoms with Crippen molar-refractivity contribution in [1.82, 2.24) is 4.90 Å². The van der Waals surface area contributed by atoms with Crippen molar-refractivity contribution in [1.29, 1.82) is 0 Å². The highest BCUT2D eigenvalue weighted by atomic mass is 16.3.